The number of imidazole rings is 1. The van der Waals surface area contributed by atoms with E-state index in [9.17, 15) is 9.90 Å². The number of aromatic amines is 1. The maximum absolute atomic E-state index is 12.3. The van der Waals surface area contributed by atoms with Gasteiger partial charge in [-0.15, -0.1) is 0 Å². The molecule has 0 aliphatic rings. The monoisotopic (exact) mass is 432 g/mol. The molecule has 1 heterocycles. The molecule has 7 nitrogen and oxygen atoms in total. The second-order valence-corrected chi connectivity index (χ2v) is 7.63. The van der Waals surface area contributed by atoms with Crippen molar-refractivity contribution >= 4 is 34.9 Å². The third-order valence-electron chi connectivity index (χ3n) is 4.56. The van der Waals surface area contributed by atoms with Crippen LogP contribution in [0.3, 0.4) is 0 Å². The van der Waals surface area contributed by atoms with Crippen LogP contribution in [0.5, 0.6) is 11.5 Å². The highest BCUT2D eigenvalue weighted by Crippen LogP contribution is 2.23. The molecule has 0 saturated carbocycles. The van der Waals surface area contributed by atoms with Crippen LogP contribution in [0.1, 0.15) is 21.5 Å². The van der Waals surface area contributed by atoms with Crippen LogP contribution in [-0.4, -0.2) is 34.3 Å². The van der Waals surface area contributed by atoms with E-state index in [-0.39, 0.29) is 11.7 Å². The molecule has 0 fully saturated rings. The largest absolute Gasteiger partial charge is 0.507 e. The van der Waals surface area contributed by atoms with Crippen molar-refractivity contribution in [3.63, 3.8) is 0 Å². The molecule has 1 amide bonds. The number of para-hydroxylation sites is 2. The number of phenolic OH excluding ortho intramolecular Hbond substituents is 1. The fraction of sp³-hybridized carbons (Fsp3) is 0.0870. The molecule has 0 aliphatic heterocycles. The molecule has 0 aliphatic carbocycles. The second-order valence-electron chi connectivity index (χ2n) is 6.67. The van der Waals surface area contributed by atoms with Crippen molar-refractivity contribution in [2.45, 2.75) is 10.9 Å². The van der Waals surface area contributed by atoms with Crippen LogP contribution in [0.25, 0.3) is 11.0 Å². The van der Waals surface area contributed by atoms with E-state index in [2.05, 4.69) is 20.5 Å². The lowest BCUT2D eigenvalue weighted by atomic mass is 10.1. The maximum Gasteiger partial charge on any atom is 0.271 e. The molecule has 0 spiro atoms. The number of methoxy groups -OCH3 is 1. The summed E-state index contributed by atoms with van der Waals surface area (Å²) in [6.07, 6.45) is 1.37. The lowest BCUT2D eigenvalue weighted by Gasteiger charge is -2.04. The topological polar surface area (TPSA) is 99.6 Å². The first-order valence-corrected chi connectivity index (χ1v) is 10.5. The third kappa shape index (κ3) is 5.04. The van der Waals surface area contributed by atoms with E-state index >= 15 is 0 Å². The van der Waals surface area contributed by atoms with Crippen LogP contribution in [0.2, 0.25) is 0 Å². The number of carbonyl (C=O) groups excluding carboxylic acids is 1. The fourth-order valence-electron chi connectivity index (χ4n) is 2.89. The maximum atomic E-state index is 12.3. The minimum absolute atomic E-state index is 0.0464. The summed E-state index contributed by atoms with van der Waals surface area (Å²) in [5, 5.41) is 14.6. The summed E-state index contributed by atoms with van der Waals surface area (Å²) in [4.78, 5) is 20.1. The van der Waals surface area contributed by atoms with Crippen LogP contribution >= 0.6 is 11.8 Å². The molecular weight excluding hydrogens is 412 g/mol. The Morgan fingerprint density at radius 3 is 2.77 bits per heavy atom. The number of nitrogens with one attached hydrogen (secondary N) is 2. The summed E-state index contributed by atoms with van der Waals surface area (Å²) in [6, 6.07) is 20.0. The summed E-state index contributed by atoms with van der Waals surface area (Å²) in [6.45, 7) is 0. The van der Waals surface area contributed by atoms with Gasteiger partial charge in [0.15, 0.2) is 5.16 Å². The smallest absolute Gasteiger partial charge is 0.271 e. The number of benzene rings is 3. The van der Waals surface area contributed by atoms with Gasteiger partial charge in [-0.3, -0.25) is 4.79 Å². The number of thioether (sulfide) groups is 1. The quantitative estimate of drug-likeness (QED) is 0.229. The summed E-state index contributed by atoms with van der Waals surface area (Å²) >= 11 is 1.60. The first-order valence-electron chi connectivity index (χ1n) is 9.49. The number of hydrazone groups is 1. The Balaban J connectivity index is 1.33. The summed E-state index contributed by atoms with van der Waals surface area (Å²) in [7, 11) is 1.54. The van der Waals surface area contributed by atoms with Gasteiger partial charge in [-0.05, 0) is 48.0 Å². The van der Waals surface area contributed by atoms with Gasteiger partial charge in [-0.25, -0.2) is 10.4 Å². The SMILES string of the molecule is COc1ccc(O)c(C=NNC(=O)c2ccc(CSc3nc4ccccc4[nH]3)cc2)c1. The second kappa shape index (κ2) is 9.36. The molecule has 3 N–H and O–H groups in total. The highest BCUT2D eigenvalue weighted by atomic mass is 32.2. The van der Waals surface area contributed by atoms with Crippen molar-refractivity contribution in [3.05, 3.63) is 83.4 Å². The molecule has 31 heavy (non-hydrogen) atoms. The van der Waals surface area contributed by atoms with E-state index in [1.165, 1.54) is 19.4 Å². The highest BCUT2D eigenvalue weighted by molar-refractivity contribution is 7.98. The van der Waals surface area contributed by atoms with Crippen molar-refractivity contribution in [3.8, 4) is 11.5 Å². The van der Waals surface area contributed by atoms with E-state index in [1.807, 2.05) is 36.4 Å². The Bertz CT molecular complexity index is 1200. The number of hydrogen-bond acceptors (Lipinski definition) is 6. The van der Waals surface area contributed by atoms with Crippen LogP contribution in [0.4, 0.5) is 0 Å². The Kier molecular flexibility index (Phi) is 6.18. The molecule has 156 valence electrons. The number of nitrogens with zero attached hydrogens (tertiary/aromatic N) is 2. The summed E-state index contributed by atoms with van der Waals surface area (Å²) in [5.41, 5.74) is 6.43. The van der Waals surface area contributed by atoms with Gasteiger partial charge in [-0.1, -0.05) is 36.0 Å². The van der Waals surface area contributed by atoms with Gasteiger partial charge in [0, 0.05) is 16.9 Å². The standard InChI is InChI=1S/C23H20N4O3S/c1-30-18-10-11-21(28)17(12-18)13-24-27-22(29)16-8-6-15(7-9-16)14-31-23-25-19-4-2-3-5-20(19)26-23/h2-13,28H,14H2,1H3,(H,25,26)(H,27,29). The zero-order chi connectivity index (χ0) is 21.6. The van der Waals surface area contributed by atoms with Crippen LogP contribution in [-0.2, 0) is 5.75 Å². The molecule has 0 unspecified atom stereocenters. The highest BCUT2D eigenvalue weighted by Gasteiger charge is 2.07. The van der Waals surface area contributed by atoms with Gasteiger partial charge in [0.05, 0.1) is 24.4 Å². The predicted octanol–water partition coefficient (Wildman–Crippen LogP) is 4.33. The van der Waals surface area contributed by atoms with Crippen LogP contribution in [0, 0.1) is 0 Å². The van der Waals surface area contributed by atoms with E-state index in [4.69, 9.17) is 4.74 Å². The lowest BCUT2D eigenvalue weighted by Crippen LogP contribution is -2.17. The number of aromatic hydroxyl groups is 1. The van der Waals surface area contributed by atoms with E-state index in [1.54, 1.807) is 36.0 Å². The number of phenols is 1. The van der Waals surface area contributed by atoms with E-state index in [0.717, 1.165) is 27.5 Å². The first-order chi connectivity index (χ1) is 15.1. The third-order valence-corrected chi connectivity index (χ3v) is 5.51. The summed E-state index contributed by atoms with van der Waals surface area (Å²) < 4.78 is 5.11. The zero-order valence-corrected chi connectivity index (χ0v) is 17.5. The number of ether oxygens (including phenoxy) is 1. The van der Waals surface area contributed by atoms with Crippen molar-refractivity contribution in [1.29, 1.82) is 0 Å². The fourth-order valence-corrected chi connectivity index (χ4v) is 3.73. The molecular formula is C23H20N4O3S. The van der Waals surface area contributed by atoms with Crippen molar-refractivity contribution in [1.82, 2.24) is 15.4 Å². The number of fused-ring (bicyclic) bond motifs is 1. The van der Waals surface area contributed by atoms with Crippen LogP contribution in [0.15, 0.2) is 77.0 Å². The van der Waals surface area contributed by atoms with Crippen molar-refractivity contribution < 1.29 is 14.6 Å². The molecule has 0 bridgehead atoms. The minimum Gasteiger partial charge on any atom is -0.507 e. The molecule has 4 aromatic rings. The zero-order valence-electron chi connectivity index (χ0n) is 16.7. The van der Waals surface area contributed by atoms with Gasteiger partial charge in [0.1, 0.15) is 11.5 Å². The van der Waals surface area contributed by atoms with E-state index < -0.39 is 0 Å². The molecule has 0 saturated heterocycles. The number of hydrogen-bond donors (Lipinski definition) is 3. The van der Waals surface area contributed by atoms with Crippen LogP contribution < -0.4 is 10.2 Å². The lowest BCUT2D eigenvalue weighted by molar-refractivity contribution is 0.0955. The van der Waals surface area contributed by atoms with Gasteiger partial charge in [0.2, 0.25) is 0 Å². The number of carbonyl (C=O) groups is 1. The average molecular weight is 433 g/mol. The van der Waals surface area contributed by atoms with Gasteiger partial charge >= 0.3 is 0 Å². The Morgan fingerprint density at radius 2 is 2.00 bits per heavy atom. The average Bonchev–Trinajstić information content (AvgIpc) is 3.22. The first kappa shape index (κ1) is 20.5. The van der Waals surface area contributed by atoms with Gasteiger partial charge in [0.25, 0.3) is 5.91 Å². The van der Waals surface area contributed by atoms with Crippen molar-refractivity contribution in [2.75, 3.05) is 7.11 Å². The minimum atomic E-state index is -0.338. The predicted molar refractivity (Wildman–Crippen MR) is 122 cm³/mol. The molecule has 0 radical (unpaired) electrons. The summed E-state index contributed by atoms with van der Waals surface area (Å²) in [5.74, 6) is 1.02. The molecule has 8 heteroatoms. The molecule has 1 aromatic heterocycles. The van der Waals surface area contributed by atoms with Gasteiger partial charge in [-0.2, -0.15) is 5.10 Å². The number of aromatic nitrogens is 2. The Labute approximate surface area is 183 Å². The molecule has 0 atom stereocenters. The Morgan fingerprint density at radius 1 is 1.19 bits per heavy atom. The Hall–Kier alpha value is -3.78. The number of H-pyrrole nitrogens is 1. The molecule has 3 aromatic carbocycles. The van der Waals surface area contributed by atoms with Crippen molar-refractivity contribution in [2.24, 2.45) is 5.10 Å². The number of rotatable bonds is 7. The number of amides is 1. The molecule has 4 rings (SSSR count). The van der Waals surface area contributed by atoms with E-state index in [0.29, 0.717) is 16.9 Å². The normalized spacial score (nSPS) is 11.1. The van der Waals surface area contributed by atoms with Gasteiger partial charge < -0.3 is 14.8 Å².